The smallest absolute Gasteiger partial charge is 0.264 e. The molecule has 0 aliphatic rings. The lowest BCUT2D eigenvalue weighted by Crippen LogP contribution is -2.15. The standard InChI is InChI=1S/C60H36N8O6/c61-33-13-1-9-21-41(33)71-45-25-29-49-31(59(69)67-39-19-7-5-17-37(39)65-57(29)67)28-48(74-44-24-12-4-16-36(44)64)54-52-46(72-42-22-10-2-14-34(42)62)26-30-50-32(60(70)68-40-20-8-6-18-38(40)66-58(30)68)27-47(53(56(50)52)51(45)55(49)54)73-43-23-11-3-15-35(43)63/h1-28H,61-64H2. The zero-order valence-electron chi connectivity index (χ0n) is 38.7. The number of hydrogen-bond donors (Lipinski definition) is 4. The van der Waals surface area contributed by atoms with Crippen molar-refractivity contribution in [3.63, 3.8) is 0 Å². The van der Waals surface area contributed by atoms with E-state index in [1.165, 1.54) is 0 Å². The highest BCUT2D eigenvalue weighted by Crippen LogP contribution is 2.58. The fourth-order valence-electron chi connectivity index (χ4n) is 11.0. The SMILES string of the molecule is Nc1ccccc1Oc1cc2c(=O)n3c4ccccc4nc3c3cc(Oc4ccccc4N)c4c5c(Oc6ccccc6N)cc6c(=O)n7c8ccccc8nc7c7cc(Oc8ccccc8N)c(c1c4c23)c5c67. The molecule has 0 saturated carbocycles. The number of fused-ring (bicyclic) bond motifs is 10. The quantitative estimate of drug-likeness (QED) is 0.0637. The number of benzene rings is 11. The number of ether oxygens (including phenoxy) is 4. The van der Waals surface area contributed by atoms with Gasteiger partial charge in [-0.05, 0) is 97.1 Å². The van der Waals surface area contributed by atoms with Gasteiger partial charge in [-0.2, -0.15) is 0 Å². The summed E-state index contributed by atoms with van der Waals surface area (Å²) in [6.07, 6.45) is 0. The number of para-hydroxylation sites is 12. The molecule has 0 spiro atoms. The first-order valence-corrected chi connectivity index (χ1v) is 23.7. The number of nitrogens with zero attached hydrogens (tertiary/aromatic N) is 4. The molecule has 8 N–H and O–H groups in total. The van der Waals surface area contributed by atoms with Crippen LogP contribution in [0.25, 0.3) is 98.0 Å². The van der Waals surface area contributed by atoms with Crippen LogP contribution in [0.1, 0.15) is 0 Å². The maximum absolute atomic E-state index is 15.6. The Bertz CT molecular complexity index is 4700. The Kier molecular flexibility index (Phi) is 8.33. The fraction of sp³-hybridized carbons (Fsp3) is 0. The maximum Gasteiger partial charge on any atom is 0.264 e. The molecule has 15 aromatic rings. The number of hydrogen-bond acceptors (Lipinski definition) is 12. The molecule has 0 saturated heterocycles. The van der Waals surface area contributed by atoms with Crippen molar-refractivity contribution in [3.8, 4) is 46.0 Å². The van der Waals surface area contributed by atoms with Crippen LogP contribution in [0.2, 0.25) is 0 Å². The van der Waals surface area contributed by atoms with E-state index in [0.717, 1.165) is 0 Å². The molecule has 0 amide bonds. The van der Waals surface area contributed by atoms with Gasteiger partial charge in [0.25, 0.3) is 11.1 Å². The number of nitrogens with two attached hydrogens (primary N) is 4. The van der Waals surface area contributed by atoms with Crippen molar-refractivity contribution in [1.82, 2.24) is 18.8 Å². The summed E-state index contributed by atoms with van der Waals surface area (Å²) in [6, 6.07) is 51.0. The Hall–Kier alpha value is -10.6. The molecule has 74 heavy (non-hydrogen) atoms. The van der Waals surface area contributed by atoms with E-state index < -0.39 is 0 Å². The Morgan fingerprint density at radius 3 is 0.919 bits per heavy atom. The van der Waals surface area contributed by atoms with Gasteiger partial charge in [0.15, 0.2) is 0 Å². The van der Waals surface area contributed by atoms with Crippen molar-refractivity contribution in [2.75, 3.05) is 22.9 Å². The number of imidazole rings is 2. The largest absolute Gasteiger partial charge is 0.455 e. The molecule has 0 aliphatic heterocycles. The highest BCUT2D eigenvalue weighted by molar-refractivity contribution is 6.45. The lowest BCUT2D eigenvalue weighted by molar-refractivity contribution is 0.486. The lowest BCUT2D eigenvalue weighted by Gasteiger charge is -2.25. The third-order valence-corrected chi connectivity index (χ3v) is 14.2. The highest BCUT2D eigenvalue weighted by atomic mass is 16.5. The van der Waals surface area contributed by atoms with Crippen molar-refractivity contribution in [2.45, 2.75) is 0 Å². The normalized spacial score (nSPS) is 12.1. The number of aromatic nitrogens is 4. The van der Waals surface area contributed by atoms with E-state index in [-0.39, 0.29) is 22.6 Å². The second-order valence-corrected chi connectivity index (χ2v) is 18.4. The topological polar surface area (TPSA) is 210 Å². The second kappa shape index (κ2) is 15.0. The molecule has 0 atom stereocenters. The first kappa shape index (κ1) is 41.2. The van der Waals surface area contributed by atoms with Gasteiger partial charge in [-0.25, -0.2) is 9.97 Å². The van der Waals surface area contributed by atoms with Gasteiger partial charge in [-0.1, -0.05) is 72.8 Å². The highest BCUT2D eigenvalue weighted by Gasteiger charge is 2.33. The van der Waals surface area contributed by atoms with E-state index in [0.29, 0.717) is 155 Å². The summed E-state index contributed by atoms with van der Waals surface area (Å²) in [5, 5.41) is 5.94. The summed E-state index contributed by atoms with van der Waals surface area (Å²) in [5.74, 6) is 2.51. The molecule has 0 aliphatic carbocycles. The first-order valence-electron chi connectivity index (χ1n) is 23.7. The minimum Gasteiger partial charge on any atom is -0.455 e. The molecule has 14 heteroatoms. The molecule has 11 aromatic carbocycles. The molecule has 0 unspecified atom stereocenters. The minimum absolute atomic E-state index is 0.247. The molecule has 0 fully saturated rings. The molecular formula is C60H36N8O6. The van der Waals surface area contributed by atoms with E-state index in [9.17, 15) is 0 Å². The third-order valence-electron chi connectivity index (χ3n) is 14.2. The van der Waals surface area contributed by atoms with Crippen LogP contribution in [-0.4, -0.2) is 18.8 Å². The van der Waals surface area contributed by atoms with Crippen LogP contribution in [0, 0.1) is 0 Å². The van der Waals surface area contributed by atoms with Crippen molar-refractivity contribution in [1.29, 1.82) is 0 Å². The van der Waals surface area contributed by atoms with E-state index >= 15 is 9.59 Å². The fourth-order valence-corrected chi connectivity index (χ4v) is 11.0. The Balaban J connectivity index is 1.27. The van der Waals surface area contributed by atoms with Crippen molar-refractivity contribution in [2.24, 2.45) is 0 Å². The summed E-state index contributed by atoms with van der Waals surface area (Å²) in [4.78, 5) is 41.4. The van der Waals surface area contributed by atoms with E-state index in [2.05, 4.69) is 0 Å². The number of rotatable bonds is 8. The minimum atomic E-state index is -0.340. The number of pyridine rings is 2. The molecule has 4 heterocycles. The van der Waals surface area contributed by atoms with Crippen molar-refractivity contribution in [3.05, 3.63) is 191 Å². The summed E-state index contributed by atoms with van der Waals surface area (Å²) >= 11 is 0. The maximum atomic E-state index is 15.6. The molecule has 0 bridgehead atoms. The van der Waals surface area contributed by atoms with Crippen LogP contribution in [-0.2, 0) is 0 Å². The van der Waals surface area contributed by atoms with Crippen LogP contribution in [0.4, 0.5) is 22.7 Å². The third kappa shape index (κ3) is 5.63. The van der Waals surface area contributed by atoms with E-state index in [4.69, 9.17) is 51.9 Å². The Labute approximate surface area is 416 Å². The second-order valence-electron chi connectivity index (χ2n) is 18.4. The van der Waals surface area contributed by atoms with Gasteiger partial charge < -0.3 is 41.9 Å². The zero-order chi connectivity index (χ0) is 49.7. The molecular weight excluding hydrogens is 929 g/mol. The van der Waals surface area contributed by atoms with Crippen LogP contribution >= 0.6 is 0 Å². The summed E-state index contributed by atoms with van der Waals surface area (Å²) < 4.78 is 31.7. The number of anilines is 4. The van der Waals surface area contributed by atoms with Crippen LogP contribution in [0.15, 0.2) is 179 Å². The molecule has 0 radical (unpaired) electrons. The van der Waals surface area contributed by atoms with Gasteiger partial charge in [0.05, 0.1) is 55.6 Å². The van der Waals surface area contributed by atoms with Gasteiger partial charge in [-0.15, -0.1) is 0 Å². The molecule has 14 nitrogen and oxygen atoms in total. The average molecular weight is 965 g/mol. The monoisotopic (exact) mass is 964 g/mol. The summed E-state index contributed by atoms with van der Waals surface area (Å²) in [5.41, 5.74) is 30.9. The molecule has 15 rings (SSSR count). The van der Waals surface area contributed by atoms with Crippen LogP contribution in [0.3, 0.4) is 0 Å². The summed E-state index contributed by atoms with van der Waals surface area (Å²) in [7, 11) is 0. The van der Waals surface area contributed by atoms with Crippen LogP contribution < -0.4 is 53.0 Å². The molecule has 4 aromatic heterocycles. The Morgan fingerprint density at radius 2 is 0.595 bits per heavy atom. The predicted molar refractivity (Wildman–Crippen MR) is 294 cm³/mol. The number of nitrogen functional groups attached to an aromatic ring is 4. The first-order chi connectivity index (χ1) is 36.2. The zero-order valence-corrected chi connectivity index (χ0v) is 38.7. The summed E-state index contributed by atoms with van der Waals surface area (Å²) in [6.45, 7) is 0. The van der Waals surface area contributed by atoms with Gasteiger partial charge in [0, 0.05) is 53.9 Å². The van der Waals surface area contributed by atoms with E-state index in [1.54, 1.807) is 69.5 Å². The van der Waals surface area contributed by atoms with E-state index in [1.807, 2.05) is 109 Å². The van der Waals surface area contributed by atoms with Gasteiger partial charge in [0.1, 0.15) is 57.3 Å². The predicted octanol–water partition coefficient (Wildman–Crippen LogP) is 12.7. The van der Waals surface area contributed by atoms with Crippen molar-refractivity contribution < 1.29 is 18.9 Å². The van der Waals surface area contributed by atoms with Crippen molar-refractivity contribution >= 4 is 121 Å². The van der Waals surface area contributed by atoms with Gasteiger partial charge in [0.2, 0.25) is 0 Å². The molecule has 352 valence electrons. The Morgan fingerprint density at radius 1 is 0.311 bits per heavy atom. The lowest BCUT2D eigenvalue weighted by atomic mass is 9.84. The average Bonchev–Trinajstić information content (AvgIpc) is 4.10. The van der Waals surface area contributed by atoms with Gasteiger partial charge in [-0.3, -0.25) is 18.4 Å². The van der Waals surface area contributed by atoms with Crippen LogP contribution in [0.5, 0.6) is 46.0 Å². The van der Waals surface area contributed by atoms with Gasteiger partial charge >= 0.3 is 0 Å².